The molecule has 1 aromatic rings. The van der Waals surface area contributed by atoms with Crippen LogP contribution in [0.3, 0.4) is 0 Å². The largest absolute Gasteiger partial charge is 0.480 e. The molecule has 3 atom stereocenters. The number of hydrogen-bond acceptors (Lipinski definition) is 5. The molecule has 29 heavy (non-hydrogen) atoms. The molecule has 1 aromatic carbocycles. The van der Waals surface area contributed by atoms with Crippen LogP contribution in [-0.4, -0.2) is 53.5 Å². The first-order valence-corrected chi connectivity index (χ1v) is 9.49. The average molecular weight is 406 g/mol. The summed E-state index contributed by atoms with van der Waals surface area (Å²) >= 11 is 0. The minimum absolute atomic E-state index is 0.117. The van der Waals surface area contributed by atoms with E-state index in [1.807, 2.05) is 19.9 Å². The van der Waals surface area contributed by atoms with Crippen molar-refractivity contribution in [3.05, 3.63) is 35.9 Å². The maximum Gasteiger partial charge on any atom is 0.326 e. The first-order valence-electron chi connectivity index (χ1n) is 9.49. The van der Waals surface area contributed by atoms with Crippen LogP contribution < -0.4 is 21.7 Å². The third kappa shape index (κ3) is 9.20. The number of nitrogens with two attached hydrogens (primary N) is 1. The van der Waals surface area contributed by atoms with E-state index in [1.54, 1.807) is 24.3 Å². The van der Waals surface area contributed by atoms with Gasteiger partial charge in [0.2, 0.25) is 17.7 Å². The van der Waals surface area contributed by atoms with Crippen LogP contribution in [0.25, 0.3) is 0 Å². The maximum absolute atomic E-state index is 12.3. The molecule has 0 aliphatic carbocycles. The normalized spacial score (nSPS) is 13.8. The molecule has 0 saturated heterocycles. The van der Waals surface area contributed by atoms with Gasteiger partial charge in [-0.25, -0.2) is 4.79 Å². The quantitative estimate of drug-likeness (QED) is 0.343. The van der Waals surface area contributed by atoms with Crippen molar-refractivity contribution in [3.8, 4) is 0 Å². The van der Waals surface area contributed by atoms with Gasteiger partial charge in [0.05, 0.1) is 12.6 Å². The Labute approximate surface area is 170 Å². The zero-order valence-electron chi connectivity index (χ0n) is 17.0. The summed E-state index contributed by atoms with van der Waals surface area (Å²) in [4.78, 5) is 47.5. The third-order valence-electron chi connectivity index (χ3n) is 4.15. The lowest BCUT2D eigenvalue weighted by molar-refractivity contribution is -0.142. The van der Waals surface area contributed by atoms with Crippen LogP contribution in [-0.2, 0) is 25.6 Å². The van der Waals surface area contributed by atoms with Gasteiger partial charge in [-0.05, 0) is 24.8 Å². The van der Waals surface area contributed by atoms with E-state index in [1.165, 1.54) is 6.92 Å². The second kappa shape index (κ2) is 11.8. The molecule has 0 aromatic heterocycles. The fraction of sp³-hybridized carbons (Fsp3) is 0.500. The summed E-state index contributed by atoms with van der Waals surface area (Å²) in [5, 5.41) is 16.6. The van der Waals surface area contributed by atoms with Gasteiger partial charge in [-0.3, -0.25) is 14.4 Å². The summed E-state index contributed by atoms with van der Waals surface area (Å²) in [7, 11) is 0. The number of carboxylic acids is 1. The summed E-state index contributed by atoms with van der Waals surface area (Å²) in [6.07, 6.45) is 0.608. The zero-order valence-corrected chi connectivity index (χ0v) is 17.0. The van der Waals surface area contributed by atoms with Crippen molar-refractivity contribution in [1.82, 2.24) is 16.0 Å². The first kappa shape index (κ1) is 24.1. The molecule has 0 radical (unpaired) electrons. The molecule has 160 valence electrons. The van der Waals surface area contributed by atoms with E-state index in [9.17, 15) is 24.3 Å². The van der Waals surface area contributed by atoms with Crippen LogP contribution in [0.15, 0.2) is 30.3 Å². The number of carboxylic acid groups (broad SMARTS) is 1. The maximum atomic E-state index is 12.3. The van der Waals surface area contributed by atoms with Gasteiger partial charge in [-0.15, -0.1) is 0 Å². The van der Waals surface area contributed by atoms with Crippen LogP contribution in [0.5, 0.6) is 0 Å². The van der Waals surface area contributed by atoms with Gasteiger partial charge in [-0.1, -0.05) is 44.2 Å². The Morgan fingerprint density at radius 1 is 1.00 bits per heavy atom. The van der Waals surface area contributed by atoms with E-state index < -0.39 is 41.8 Å². The molecule has 0 spiro atoms. The van der Waals surface area contributed by atoms with Crippen LogP contribution in [0.2, 0.25) is 0 Å². The van der Waals surface area contributed by atoms with Gasteiger partial charge in [0.25, 0.3) is 0 Å². The SMILES string of the molecule is CC(C)CC(N)C(=O)NCC(=O)NC(C)C(=O)NC(Cc1ccccc1)C(=O)O. The number of amides is 3. The highest BCUT2D eigenvalue weighted by atomic mass is 16.4. The van der Waals surface area contributed by atoms with Crippen molar-refractivity contribution >= 4 is 23.7 Å². The van der Waals surface area contributed by atoms with Crippen molar-refractivity contribution < 1.29 is 24.3 Å². The van der Waals surface area contributed by atoms with Crippen molar-refractivity contribution in [2.24, 2.45) is 11.7 Å². The van der Waals surface area contributed by atoms with Gasteiger partial charge in [0, 0.05) is 6.42 Å². The number of hydrogen-bond donors (Lipinski definition) is 5. The average Bonchev–Trinajstić information content (AvgIpc) is 2.65. The minimum atomic E-state index is -1.17. The van der Waals surface area contributed by atoms with Crippen molar-refractivity contribution in [2.45, 2.75) is 51.7 Å². The monoisotopic (exact) mass is 406 g/mol. The smallest absolute Gasteiger partial charge is 0.326 e. The zero-order chi connectivity index (χ0) is 22.0. The van der Waals surface area contributed by atoms with Crippen LogP contribution in [0.4, 0.5) is 0 Å². The minimum Gasteiger partial charge on any atom is -0.480 e. The van der Waals surface area contributed by atoms with Crippen LogP contribution in [0, 0.1) is 5.92 Å². The molecular weight excluding hydrogens is 376 g/mol. The molecule has 0 bridgehead atoms. The lowest BCUT2D eigenvalue weighted by Crippen LogP contribution is -2.53. The standard InChI is InChI=1S/C20H30N4O5/c1-12(2)9-15(21)19(27)22-11-17(25)23-13(3)18(26)24-16(20(28)29)10-14-7-5-4-6-8-14/h4-8,12-13,15-16H,9-11,21H2,1-3H3,(H,22,27)(H,23,25)(H,24,26)(H,28,29). The summed E-state index contributed by atoms with van der Waals surface area (Å²) in [6, 6.07) is 6.09. The third-order valence-corrected chi connectivity index (χ3v) is 4.15. The van der Waals surface area contributed by atoms with Gasteiger partial charge in [-0.2, -0.15) is 0 Å². The lowest BCUT2D eigenvalue weighted by Gasteiger charge is -2.19. The summed E-state index contributed by atoms with van der Waals surface area (Å²) in [5.41, 5.74) is 6.50. The van der Waals surface area contributed by atoms with Gasteiger partial charge in [0.15, 0.2) is 0 Å². The highest BCUT2D eigenvalue weighted by Gasteiger charge is 2.24. The summed E-state index contributed by atoms with van der Waals surface area (Å²) < 4.78 is 0. The number of aliphatic carboxylic acids is 1. The van der Waals surface area contributed by atoms with E-state index in [-0.39, 0.29) is 18.9 Å². The molecule has 3 unspecified atom stereocenters. The van der Waals surface area contributed by atoms with E-state index in [4.69, 9.17) is 5.73 Å². The van der Waals surface area contributed by atoms with Crippen LogP contribution in [0.1, 0.15) is 32.8 Å². The second-order valence-electron chi connectivity index (χ2n) is 7.33. The van der Waals surface area contributed by atoms with Gasteiger partial charge < -0.3 is 26.8 Å². The molecule has 1 rings (SSSR count). The van der Waals surface area contributed by atoms with E-state index in [0.717, 1.165) is 5.56 Å². The van der Waals surface area contributed by atoms with Gasteiger partial charge in [0.1, 0.15) is 12.1 Å². The van der Waals surface area contributed by atoms with Crippen LogP contribution >= 0.6 is 0 Å². The molecule has 9 nitrogen and oxygen atoms in total. The fourth-order valence-corrected chi connectivity index (χ4v) is 2.62. The predicted octanol–water partition coefficient (Wildman–Crippen LogP) is -0.207. The number of rotatable bonds is 11. The second-order valence-corrected chi connectivity index (χ2v) is 7.33. The number of benzene rings is 1. The van der Waals surface area contributed by atoms with Crippen molar-refractivity contribution in [2.75, 3.05) is 6.54 Å². The topological polar surface area (TPSA) is 151 Å². The molecule has 0 aliphatic heterocycles. The number of carbonyl (C=O) groups excluding carboxylic acids is 3. The first-order chi connectivity index (χ1) is 13.6. The predicted molar refractivity (Wildman–Crippen MR) is 108 cm³/mol. The molecular formula is C20H30N4O5. The Bertz CT molecular complexity index is 708. The van der Waals surface area contributed by atoms with Gasteiger partial charge >= 0.3 is 5.97 Å². The Morgan fingerprint density at radius 2 is 1.62 bits per heavy atom. The Morgan fingerprint density at radius 3 is 2.17 bits per heavy atom. The van der Waals surface area contributed by atoms with E-state index >= 15 is 0 Å². The van der Waals surface area contributed by atoms with Crippen molar-refractivity contribution in [3.63, 3.8) is 0 Å². The number of carbonyl (C=O) groups is 4. The lowest BCUT2D eigenvalue weighted by atomic mass is 10.0. The molecule has 0 heterocycles. The summed E-state index contributed by atoms with van der Waals surface area (Å²) in [6.45, 7) is 4.97. The highest BCUT2D eigenvalue weighted by molar-refractivity contribution is 5.92. The molecule has 0 fully saturated rings. The number of nitrogens with one attached hydrogen (secondary N) is 3. The molecule has 0 aliphatic rings. The van der Waals surface area contributed by atoms with E-state index in [0.29, 0.717) is 6.42 Å². The highest BCUT2D eigenvalue weighted by Crippen LogP contribution is 2.04. The van der Waals surface area contributed by atoms with Crippen molar-refractivity contribution in [1.29, 1.82) is 0 Å². The Balaban J connectivity index is 2.49. The Kier molecular flexibility index (Phi) is 9.81. The molecule has 3 amide bonds. The summed E-state index contributed by atoms with van der Waals surface area (Å²) in [5.74, 6) is -2.59. The van der Waals surface area contributed by atoms with E-state index in [2.05, 4.69) is 16.0 Å². The molecule has 0 saturated carbocycles. The Hall–Kier alpha value is -2.94. The fourth-order valence-electron chi connectivity index (χ4n) is 2.62. The molecule has 9 heteroatoms. The molecule has 6 N–H and O–H groups in total.